The molecule has 1 unspecified atom stereocenters. The van der Waals surface area contributed by atoms with Crippen molar-refractivity contribution in [3.05, 3.63) is 41.5 Å². The average Bonchev–Trinajstić information content (AvgIpc) is 3.09. The number of imidazole rings is 1. The Bertz CT molecular complexity index is 992. The first-order valence-electron chi connectivity index (χ1n) is 11.4. The molecule has 32 heavy (non-hydrogen) atoms. The van der Waals surface area contributed by atoms with Crippen molar-refractivity contribution < 1.29 is 14.0 Å². The molecule has 7 heteroatoms. The van der Waals surface area contributed by atoms with Gasteiger partial charge in [0.25, 0.3) is 5.91 Å². The Balaban J connectivity index is 2.00. The SMILES string of the molecule is CCCC(C)C(=O)[C@@H](NC(=O)c1nc(-c2ccccc2F)n2c1CN(C)CC2)C(C)(C)C. The van der Waals surface area contributed by atoms with E-state index in [1.807, 2.05) is 46.2 Å². The van der Waals surface area contributed by atoms with Crippen LogP contribution >= 0.6 is 0 Å². The van der Waals surface area contributed by atoms with E-state index in [0.717, 1.165) is 25.1 Å². The van der Waals surface area contributed by atoms with Crippen LogP contribution in [-0.4, -0.2) is 45.8 Å². The molecular weight excluding hydrogens is 407 g/mol. The number of Topliss-reactive ketones (excluding diaryl/α,β-unsaturated/α-hetero) is 1. The van der Waals surface area contributed by atoms with E-state index < -0.39 is 11.5 Å². The van der Waals surface area contributed by atoms with Crippen LogP contribution < -0.4 is 5.32 Å². The molecule has 1 N–H and O–H groups in total. The number of hydrogen-bond acceptors (Lipinski definition) is 4. The van der Waals surface area contributed by atoms with Gasteiger partial charge in [-0.1, -0.05) is 53.2 Å². The third-order valence-corrected chi connectivity index (χ3v) is 6.16. The minimum Gasteiger partial charge on any atom is -0.340 e. The fraction of sp³-hybridized carbons (Fsp3) is 0.560. The van der Waals surface area contributed by atoms with Crippen LogP contribution in [0.4, 0.5) is 4.39 Å². The van der Waals surface area contributed by atoms with Gasteiger partial charge in [0, 0.05) is 25.6 Å². The molecule has 1 aromatic carbocycles. The lowest BCUT2D eigenvalue weighted by atomic mass is 9.79. The Morgan fingerprint density at radius 2 is 1.91 bits per heavy atom. The molecular formula is C25H35FN4O2. The predicted molar refractivity (Wildman–Crippen MR) is 124 cm³/mol. The van der Waals surface area contributed by atoms with Crippen molar-refractivity contribution in [2.24, 2.45) is 11.3 Å². The summed E-state index contributed by atoms with van der Waals surface area (Å²) in [6, 6.07) is 5.84. The zero-order valence-electron chi connectivity index (χ0n) is 20.0. The van der Waals surface area contributed by atoms with Gasteiger partial charge in [0.05, 0.1) is 17.3 Å². The third kappa shape index (κ3) is 4.93. The number of carbonyl (C=O) groups excluding carboxylic acids is 2. The molecule has 1 aliphatic heterocycles. The van der Waals surface area contributed by atoms with Crippen LogP contribution in [0.15, 0.2) is 24.3 Å². The molecule has 0 saturated carbocycles. The Morgan fingerprint density at radius 3 is 2.53 bits per heavy atom. The van der Waals surface area contributed by atoms with E-state index in [0.29, 0.717) is 24.5 Å². The predicted octanol–water partition coefficient (Wildman–Crippen LogP) is 4.28. The highest BCUT2D eigenvalue weighted by Gasteiger charge is 2.37. The smallest absolute Gasteiger partial charge is 0.272 e. The van der Waals surface area contributed by atoms with E-state index in [1.165, 1.54) is 6.07 Å². The fourth-order valence-electron chi connectivity index (χ4n) is 4.30. The van der Waals surface area contributed by atoms with Crippen LogP contribution in [0, 0.1) is 17.2 Å². The summed E-state index contributed by atoms with van der Waals surface area (Å²) in [4.78, 5) is 33.3. The molecule has 2 aromatic rings. The van der Waals surface area contributed by atoms with Gasteiger partial charge in [-0.25, -0.2) is 9.37 Å². The Labute approximate surface area is 190 Å². The number of amides is 1. The molecule has 1 aromatic heterocycles. The van der Waals surface area contributed by atoms with Crippen LogP contribution in [0.5, 0.6) is 0 Å². The van der Waals surface area contributed by atoms with E-state index in [2.05, 4.69) is 15.2 Å². The molecule has 0 radical (unpaired) electrons. The summed E-state index contributed by atoms with van der Waals surface area (Å²) in [6.07, 6.45) is 1.69. The summed E-state index contributed by atoms with van der Waals surface area (Å²) in [5.74, 6) is -0.409. The van der Waals surface area contributed by atoms with E-state index in [1.54, 1.807) is 18.2 Å². The molecule has 174 valence electrons. The van der Waals surface area contributed by atoms with Crippen molar-refractivity contribution in [2.75, 3.05) is 13.6 Å². The quantitative estimate of drug-likeness (QED) is 0.695. The van der Waals surface area contributed by atoms with E-state index >= 15 is 0 Å². The van der Waals surface area contributed by atoms with E-state index in [4.69, 9.17) is 0 Å². The molecule has 3 rings (SSSR count). The number of halogens is 1. The third-order valence-electron chi connectivity index (χ3n) is 6.16. The highest BCUT2D eigenvalue weighted by atomic mass is 19.1. The number of nitrogens with zero attached hydrogens (tertiary/aromatic N) is 3. The van der Waals surface area contributed by atoms with Crippen LogP contribution in [0.1, 0.15) is 63.6 Å². The van der Waals surface area contributed by atoms with Crippen molar-refractivity contribution in [2.45, 2.75) is 66.6 Å². The van der Waals surface area contributed by atoms with Crippen LogP contribution in [0.2, 0.25) is 0 Å². The highest BCUT2D eigenvalue weighted by Crippen LogP contribution is 2.29. The summed E-state index contributed by atoms with van der Waals surface area (Å²) in [5, 5.41) is 2.98. The summed E-state index contributed by atoms with van der Waals surface area (Å²) in [5.41, 5.74) is 0.938. The summed E-state index contributed by atoms with van der Waals surface area (Å²) in [7, 11) is 1.98. The lowest BCUT2D eigenvalue weighted by molar-refractivity contribution is -0.126. The first-order chi connectivity index (χ1) is 15.0. The number of carbonyl (C=O) groups is 2. The van der Waals surface area contributed by atoms with Crippen LogP contribution in [0.25, 0.3) is 11.4 Å². The maximum Gasteiger partial charge on any atom is 0.272 e. The zero-order chi connectivity index (χ0) is 23.6. The summed E-state index contributed by atoms with van der Waals surface area (Å²) in [6.45, 7) is 11.8. The second-order valence-corrected chi connectivity index (χ2v) is 9.96. The Hall–Kier alpha value is -2.54. The molecule has 2 atom stereocenters. The van der Waals surface area contributed by atoms with Crippen LogP contribution in [0.3, 0.4) is 0 Å². The minimum absolute atomic E-state index is 0.0345. The highest BCUT2D eigenvalue weighted by molar-refractivity contribution is 5.98. The van der Waals surface area contributed by atoms with Gasteiger partial charge < -0.3 is 9.88 Å². The molecule has 0 bridgehead atoms. The van der Waals surface area contributed by atoms with Gasteiger partial charge in [-0.3, -0.25) is 14.5 Å². The van der Waals surface area contributed by atoms with Crippen molar-refractivity contribution >= 4 is 11.7 Å². The average molecular weight is 443 g/mol. The van der Waals surface area contributed by atoms with Crippen molar-refractivity contribution in [1.82, 2.24) is 19.8 Å². The molecule has 6 nitrogen and oxygen atoms in total. The lowest BCUT2D eigenvalue weighted by Gasteiger charge is -2.32. The van der Waals surface area contributed by atoms with Crippen LogP contribution in [-0.2, 0) is 17.9 Å². The molecule has 0 spiro atoms. The molecule has 0 fully saturated rings. The minimum atomic E-state index is -0.632. The van der Waals surface area contributed by atoms with Gasteiger partial charge in [-0.15, -0.1) is 0 Å². The topological polar surface area (TPSA) is 67.2 Å². The Morgan fingerprint density at radius 1 is 1.22 bits per heavy atom. The van der Waals surface area contributed by atoms with Gasteiger partial charge in [-0.2, -0.15) is 0 Å². The normalized spacial score (nSPS) is 16.3. The maximum atomic E-state index is 14.6. The van der Waals surface area contributed by atoms with Crippen molar-refractivity contribution in [3.8, 4) is 11.4 Å². The first kappa shape index (κ1) is 24.1. The second-order valence-electron chi connectivity index (χ2n) is 9.96. The number of hydrogen-bond donors (Lipinski definition) is 1. The maximum absolute atomic E-state index is 14.6. The number of likely N-dealkylation sites (N-methyl/N-ethyl adjacent to an activating group) is 1. The largest absolute Gasteiger partial charge is 0.340 e. The second kappa shape index (κ2) is 9.53. The van der Waals surface area contributed by atoms with Gasteiger partial charge in [0.15, 0.2) is 11.5 Å². The number of nitrogens with one attached hydrogen (secondary N) is 1. The van der Waals surface area contributed by atoms with Gasteiger partial charge in [-0.05, 0) is 31.0 Å². The number of ketones is 1. The monoisotopic (exact) mass is 442 g/mol. The fourth-order valence-corrected chi connectivity index (χ4v) is 4.30. The van der Waals surface area contributed by atoms with Gasteiger partial charge in [0.2, 0.25) is 0 Å². The summed E-state index contributed by atoms with van der Waals surface area (Å²) >= 11 is 0. The molecule has 0 saturated heterocycles. The molecule has 0 aliphatic carbocycles. The standard InChI is InChI=1S/C25H35FN4O2/c1-7-10-16(2)21(31)22(25(3,4)5)28-24(32)20-19-15-29(6)13-14-30(19)23(27-20)17-11-8-9-12-18(17)26/h8-9,11-12,16,22H,7,10,13-15H2,1-6H3,(H,28,32)/t16?,22-/m1/s1. The molecule has 1 amide bonds. The van der Waals surface area contributed by atoms with Crippen molar-refractivity contribution in [1.29, 1.82) is 0 Å². The lowest BCUT2D eigenvalue weighted by Crippen LogP contribution is -2.51. The number of fused-ring (bicyclic) bond motifs is 1. The number of aromatic nitrogens is 2. The first-order valence-corrected chi connectivity index (χ1v) is 11.4. The van der Waals surface area contributed by atoms with Gasteiger partial charge in [0.1, 0.15) is 11.6 Å². The van der Waals surface area contributed by atoms with E-state index in [-0.39, 0.29) is 29.1 Å². The van der Waals surface area contributed by atoms with E-state index in [9.17, 15) is 14.0 Å². The van der Waals surface area contributed by atoms with Gasteiger partial charge >= 0.3 is 0 Å². The summed E-state index contributed by atoms with van der Waals surface area (Å²) < 4.78 is 16.5. The number of rotatable bonds is 7. The zero-order valence-corrected chi connectivity index (χ0v) is 20.0. The number of benzene rings is 1. The Kier molecular flexibility index (Phi) is 7.18. The molecule has 1 aliphatic rings. The molecule has 2 heterocycles. The van der Waals surface area contributed by atoms with Crippen molar-refractivity contribution in [3.63, 3.8) is 0 Å².